The molecule has 1 aliphatic heterocycles. The molecular weight excluding hydrogens is 274 g/mol. The van der Waals surface area contributed by atoms with Crippen LogP contribution < -0.4 is 0 Å². The van der Waals surface area contributed by atoms with Gasteiger partial charge in [0.05, 0.1) is 26.2 Å². The maximum Gasteiger partial charge on any atom is 0.373 e. The molecule has 1 aliphatic rings. The maximum absolute atomic E-state index is 11.8. The first kappa shape index (κ1) is 15.6. The minimum Gasteiger partial charge on any atom is -0.466 e. The monoisotopic (exact) mass is 295 g/mol. The fourth-order valence-electron chi connectivity index (χ4n) is 2.55. The number of carbonyl (C=O) groups is 2. The van der Waals surface area contributed by atoms with Gasteiger partial charge in [-0.1, -0.05) is 0 Å². The van der Waals surface area contributed by atoms with Crippen LogP contribution in [0.2, 0.25) is 0 Å². The molecule has 1 saturated heterocycles. The normalized spacial score (nSPS) is 19.2. The van der Waals surface area contributed by atoms with Crippen LogP contribution in [0.3, 0.4) is 0 Å². The quantitative estimate of drug-likeness (QED) is 0.772. The fraction of sp³-hybridized carbons (Fsp3) is 0.600. The minimum absolute atomic E-state index is 0.0752. The summed E-state index contributed by atoms with van der Waals surface area (Å²) in [7, 11) is 1.32. The zero-order valence-corrected chi connectivity index (χ0v) is 12.5. The predicted octanol–water partition coefficient (Wildman–Crippen LogP) is 1.84. The van der Waals surface area contributed by atoms with E-state index in [0.717, 1.165) is 19.4 Å². The summed E-state index contributed by atoms with van der Waals surface area (Å²) >= 11 is 0. The molecule has 0 N–H and O–H groups in total. The Balaban J connectivity index is 1.91. The van der Waals surface area contributed by atoms with Gasteiger partial charge in [-0.15, -0.1) is 0 Å². The smallest absolute Gasteiger partial charge is 0.373 e. The van der Waals surface area contributed by atoms with E-state index in [1.807, 2.05) is 6.92 Å². The third-order valence-electron chi connectivity index (χ3n) is 3.55. The van der Waals surface area contributed by atoms with E-state index < -0.39 is 5.97 Å². The van der Waals surface area contributed by atoms with Crippen molar-refractivity contribution in [3.63, 3.8) is 0 Å². The van der Waals surface area contributed by atoms with Crippen LogP contribution >= 0.6 is 0 Å². The Morgan fingerprint density at radius 1 is 1.43 bits per heavy atom. The van der Waals surface area contributed by atoms with Crippen LogP contribution in [0, 0.1) is 5.92 Å². The second kappa shape index (κ2) is 7.26. The van der Waals surface area contributed by atoms with Crippen LogP contribution in [-0.2, 0) is 20.8 Å². The molecule has 2 heterocycles. The molecule has 0 bridgehead atoms. The number of hydrogen-bond donors (Lipinski definition) is 0. The van der Waals surface area contributed by atoms with Crippen molar-refractivity contribution in [2.24, 2.45) is 5.92 Å². The van der Waals surface area contributed by atoms with Gasteiger partial charge in [-0.25, -0.2) is 4.79 Å². The summed E-state index contributed by atoms with van der Waals surface area (Å²) < 4.78 is 15.1. The Labute approximate surface area is 124 Å². The van der Waals surface area contributed by atoms with Crippen LogP contribution in [0.1, 0.15) is 36.1 Å². The van der Waals surface area contributed by atoms with Gasteiger partial charge in [0.25, 0.3) is 0 Å². The van der Waals surface area contributed by atoms with E-state index in [4.69, 9.17) is 9.15 Å². The van der Waals surface area contributed by atoms with Crippen molar-refractivity contribution in [3.8, 4) is 0 Å². The molecule has 0 unspecified atom stereocenters. The van der Waals surface area contributed by atoms with E-state index in [2.05, 4.69) is 9.64 Å². The number of esters is 2. The summed E-state index contributed by atoms with van der Waals surface area (Å²) in [4.78, 5) is 25.3. The van der Waals surface area contributed by atoms with E-state index in [0.29, 0.717) is 25.5 Å². The summed E-state index contributed by atoms with van der Waals surface area (Å²) in [5.74, 6) is 0.210. The summed E-state index contributed by atoms with van der Waals surface area (Å²) in [5.41, 5.74) is 0. The molecule has 0 saturated carbocycles. The lowest BCUT2D eigenvalue weighted by atomic mass is 9.98. The fourth-order valence-corrected chi connectivity index (χ4v) is 2.55. The Hall–Kier alpha value is -1.82. The Bertz CT molecular complexity index is 496. The van der Waals surface area contributed by atoms with Crippen LogP contribution in [-0.4, -0.2) is 43.6 Å². The van der Waals surface area contributed by atoms with Crippen molar-refractivity contribution in [2.75, 3.05) is 26.8 Å². The number of methoxy groups -OCH3 is 1. The summed E-state index contributed by atoms with van der Waals surface area (Å²) in [6.45, 7) is 4.37. The molecule has 0 spiro atoms. The molecule has 0 amide bonds. The van der Waals surface area contributed by atoms with Gasteiger partial charge in [0.2, 0.25) is 5.76 Å². The molecule has 1 aromatic rings. The van der Waals surface area contributed by atoms with Crippen molar-refractivity contribution in [2.45, 2.75) is 26.3 Å². The van der Waals surface area contributed by atoms with Gasteiger partial charge in [-0.05, 0) is 38.4 Å². The minimum atomic E-state index is -0.482. The van der Waals surface area contributed by atoms with Crippen molar-refractivity contribution >= 4 is 11.9 Å². The Kier molecular flexibility index (Phi) is 5.38. The average molecular weight is 295 g/mol. The van der Waals surface area contributed by atoms with Crippen LogP contribution in [0.15, 0.2) is 16.5 Å². The van der Waals surface area contributed by atoms with Crippen molar-refractivity contribution in [1.29, 1.82) is 0 Å². The van der Waals surface area contributed by atoms with E-state index in [1.54, 1.807) is 12.1 Å². The second-order valence-electron chi connectivity index (χ2n) is 5.08. The molecular formula is C15H21NO5. The van der Waals surface area contributed by atoms with E-state index in [-0.39, 0.29) is 17.6 Å². The van der Waals surface area contributed by atoms with Crippen LogP contribution in [0.4, 0.5) is 0 Å². The van der Waals surface area contributed by atoms with Gasteiger partial charge in [0.15, 0.2) is 0 Å². The third kappa shape index (κ3) is 4.07. The van der Waals surface area contributed by atoms with Gasteiger partial charge in [-0.2, -0.15) is 0 Å². The van der Waals surface area contributed by atoms with Gasteiger partial charge >= 0.3 is 11.9 Å². The first-order chi connectivity index (χ1) is 10.1. The highest BCUT2D eigenvalue weighted by Gasteiger charge is 2.27. The number of piperidine rings is 1. The molecule has 1 fully saturated rings. The average Bonchev–Trinajstić information content (AvgIpc) is 2.95. The van der Waals surface area contributed by atoms with Crippen molar-refractivity contribution in [1.82, 2.24) is 4.90 Å². The van der Waals surface area contributed by atoms with Gasteiger partial charge in [0.1, 0.15) is 5.76 Å². The van der Waals surface area contributed by atoms with Gasteiger partial charge < -0.3 is 13.9 Å². The number of furan rings is 1. The lowest BCUT2D eigenvalue weighted by Crippen LogP contribution is -2.38. The first-order valence-corrected chi connectivity index (χ1v) is 7.20. The molecule has 0 radical (unpaired) electrons. The molecule has 6 nitrogen and oxygen atoms in total. The number of hydrogen-bond acceptors (Lipinski definition) is 6. The van der Waals surface area contributed by atoms with E-state index in [1.165, 1.54) is 7.11 Å². The summed E-state index contributed by atoms with van der Waals surface area (Å²) in [5, 5.41) is 0. The number of rotatable bonds is 5. The molecule has 6 heteroatoms. The number of nitrogens with zero attached hydrogens (tertiary/aromatic N) is 1. The predicted molar refractivity (Wildman–Crippen MR) is 74.7 cm³/mol. The highest BCUT2D eigenvalue weighted by Crippen LogP contribution is 2.20. The lowest BCUT2D eigenvalue weighted by Gasteiger charge is -2.30. The molecule has 1 aromatic heterocycles. The molecule has 0 aliphatic carbocycles. The molecule has 0 aromatic carbocycles. The number of likely N-dealkylation sites (tertiary alicyclic amines) is 1. The maximum atomic E-state index is 11.8. The zero-order valence-electron chi connectivity index (χ0n) is 12.5. The third-order valence-corrected chi connectivity index (χ3v) is 3.55. The van der Waals surface area contributed by atoms with E-state index in [9.17, 15) is 9.59 Å². The van der Waals surface area contributed by atoms with Gasteiger partial charge in [-0.3, -0.25) is 9.69 Å². The molecule has 116 valence electrons. The Morgan fingerprint density at radius 2 is 2.24 bits per heavy atom. The highest BCUT2D eigenvalue weighted by atomic mass is 16.5. The van der Waals surface area contributed by atoms with Gasteiger partial charge in [0, 0.05) is 6.54 Å². The van der Waals surface area contributed by atoms with Crippen molar-refractivity contribution < 1.29 is 23.5 Å². The second-order valence-corrected chi connectivity index (χ2v) is 5.08. The molecule has 2 rings (SSSR count). The highest BCUT2D eigenvalue weighted by molar-refractivity contribution is 5.86. The largest absolute Gasteiger partial charge is 0.466 e. The topological polar surface area (TPSA) is 69.0 Å². The summed E-state index contributed by atoms with van der Waals surface area (Å²) in [6, 6.07) is 3.37. The van der Waals surface area contributed by atoms with E-state index >= 15 is 0 Å². The van der Waals surface area contributed by atoms with Crippen LogP contribution in [0.25, 0.3) is 0 Å². The summed E-state index contributed by atoms with van der Waals surface area (Å²) in [6.07, 6.45) is 1.81. The standard InChI is InChI=1S/C15H21NO5/c1-3-20-14(17)11-5-4-8-16(9-11)10-12-6-7-13(21-12)15(18)19-2/h6-7,11H,3-5,8-10H2,1-2H3/t11-/m0/s1. The lowest BCUT2D eigenvalue weighted by molar-refractivity contribution is -0.150. The Morgan fingerprint density at radius 3 is 2.95 bits per heavy atom. The SMILES string of the molecule is CCOC(=O)[C@H]1CCCN(Cc2ccc(C(=O)OC)o2)C1. The van der Waals surface area contributed by atoms with Crippen molar-refractivity contribution in [3.05, 3.63) is 23.7 Å². The first-order valence-electron chi connectivity index (χ1n) is 7.20. The number of carbonyl (C=O) groups excluding carboxylic acids is 2. The molecule has 21 heavy (non-hydrogen) atoms. The number of ether oxygens (including phenoxy) is 2. The van der Waals surface area contributed by atoms with Crippen LogP contribution in [0.5, 0.6) is 0 Å². The molecule has 1 atom stereocenters. The zero-order chi connectivity index (χ0) is 15.2.